The summed E-state index contributed by atoms with van der Waals surface area (Å²) in [7, 11) is 4.56. The molecule has 0 radical (unpaired) electrons. The van der Waals surface area contributed by atoms with Gasteiger partial charge in [0.25, 0.3) is 0 Å². The highest BCUT2D eigenvalue weighted by Crippen LogP contribution is 2.19. The first-order chi connectivity index (χ1) is 10.0. The van der Waals surface area contributed by atoms with Crippen molar-refractivity contribution in [2.45, 2.75) is 51.7 Å². The zero-order chi connectivity index (χ0) is 15.4. The van der Waals surface area contributed by atoms with Gasteiger partial charge in [-0.05, 0) is 26.4 Å². The Morgan fingerprint density at radius 3 is 2.57 bits per heavy atom. The molecule has 21 heavy (non-hydrogen) atoms. The van der Waals surface area contributed by atoms with E-state index in [9.17, 15) is 0 Å². The summed E-state index contributed by atoms with van der Waals surface area (Å²) < 4.78 is 0. The molecule has 2 aliphatic rings. The number of hydrogen-bond donors (Lipinski definition) is 1. The van der Waals surface area contributed by atoms with E-state index in [1.54, 1.807) is 0 Å². The molecule has 0 aromatic rings. The van der Waals surface area contributed by atoms with E-state index in [0.717, 1.165) is 12.5 Å². The number of likely N-dealkylation sites (N-methyl/N-ethyl adjacent to an activating group) is 2. The van der Waals surface area contributed by atoms with Crippen molar-refractivity contribution >= 4 is 0 Å². The zero-order valence-electron chi connectivity index (χ0n) is 14.8. The average Bonchev–Trinajstić information content (AvgIpc) is 2.43. The van der Waals surface area contributed by atoms with E-state index in [0.29, 0.717) is 18.1 Å². The Morgan fingerprint density at radius 1 is 1.14 bits per heavy atom. The second-order valence-electron chi connectivity index (χ2n) is 7.56. The van der Waals surface area contributed by atoms with Gasteiger partial charge in [-0.3, -0.25) is 9.80 Å². The van der Waals surface area contributed by atoms with Gasteiger partial charge in [-0.25, -0.2) is 0 Å². The van der Waals surface area contributed by atoms with Gasteiger partial charge in [0.1, 0.15) is 0 Å². The van der Waals surface area contributed by atoms with Crippen LogP contribution in [0.5, 0.6) is 0 Å². The van der Waals surface area contributed by atoms with Crippen LogP contribution in [0.3, 0.4) is 0 Å². The summed E-state index contributed by atoms with van der Waals surface area (Å²) in [5.41, 5.74) is 0. The third-order valence-electron chi connectivity index (χ3n) is 5.37. The lowest BCUT2D eigenvalue weighted by molar-refractivity contribution is 0.0355. The summed E-state index contributed by atoms with van der Waals surface area (Å²) in [5, 5.41) is 3.77. The summed E-state index contributed by atoms with van der Waals surface area (Å²) >= 11 is 0. The normalized spacial score (nSPS) is 33.7. The van der Waals surface area contributed by atoms with Crippen molar-refractivity contribution in [3.8, 4) is 0 Å². The van der Waals surface area contributed by atoms with Crippen LogP contribution in [0.25, 0.3) is 0 Å². The molecule has 0 aromatic heterocycles. The molecule has 0 saturated carbocycles. The van der Waals surface area contributed by atoms with Gasteiger partial charge in [-0.15, -0.1) is 0 Å². The Labute approximate surface area is 131 Å². The molecule has 0 spiro atoms. The molecule has 2 fully saturated rings. The molecule has 2 aliphatic heterocycles. The van der Waals surface area contributed by atoms with Crippen molar-refractivity contribution in [3.05, 3.63) is 0 Å². The van der Waals surface area contributed by atoms with Crippen LogP contribution in [0.1, 0.15) is 33.6 Å². The molecular weight excluding hydrogens is 260 g/mol. The minimum Gasteiger partial charge on any atom is -0.311 e. The number of nitrogens with zero attached hydrogens (tertiary/aromatic N) is 3. The molecule has 2 heterocycles. The predicted octanol–water partition coefficient (Wildman–Crippen LogP) is 1.33. The second kappa shape index (κ2) is 7.91. The van der Waals surface area contributed by atoms with E-state index < -0.39 is 0 Å². The van der Waals surface area contributed by atoms with E-state index in [1.165, 1.54) is 45.6 Å². The first-order valence-electron chi connectivity index (χ1n) is 8.87. The van der Waals surface area contributed by atoms with Crippen molar-refractivity contribution in [3.63, 3.8) is 0 Å². The van der Waals surface area contributed by atoms with Crippen LogP contribution < -0.4 is 5.32 Å². The van der Waals surface area contributed by atoms with Crippen LogP contribution in [0.4, 0.5) is 0 Å². The summed E-state index contributed by atoms with van der Waals surface area (Å²) in [4.78, 5) is 7.83. The van der Waals surface area contributed by atoms with Crippen LogP contribution in [0.2, 0.25) is 0 Å². The van der Waals surface area contributed by atoms with Gasteiger partial charge in [-0.1, -0.05) is 27.2 Å². The van der Waals surface area contributed by atoms with Gasteiger partial charge >= 0.3 is 0 Å². The Bertz CT molecular complexity index is 307. The lowest BCUT2D eigenvalue weighted by Crippen LogP contribution is -2.62. The second-order valence-corrected chi connectivity index (χ2v) is 7.56. The van der Waals surface area contributed by atoms with Crippen LogP contribution in [0, 0.1) is 5.92 Å². The van der Waals surface area contributed by atoms with E-state index >= 15 is 0 Å². The van der Waals surface area contributed by atoms with Crippen molar-refractivity contribution < 1.29 is 0 Å². The van der Waals surface area contributed by atoms with Crippen molar-refractivity contribution in [2.75, 3.05) is 53.4 Å². The third-order valence-corrected chi connectivity index (χ3v) is 5.37. The maximum atomic E-state index is 3.77. The summed E-state index contributed by atoms with van der Waals surface area (Å²) in [5.74, 6) is 0.728. The van der Waals surface area contributed by atoms with Crippen LogP contribution in [-0.4, -0.2) is 86.2 Å². The molecule has 0 bridgehead atoms. The van der Waals surface area contributed by atoms with Gasteiger partial charge in [0.05, 0.1) is 0 Å². The van der Waals surface area contributed by atoms with Crippen LogP contribution in [-0.2, 0) is 0 Å². The minimum atomic E-state index is 0.686. The largest absolute Gasteiger partial charge is 0.311 e. The Kier molecular flexibility index (Phi) is 6.48. The number of piperazine rings is 2. The number of rotatable bonds is 5. The first kappa shape index (κ1) is 17.2. The Morgan fingerprint density at radius 2 is 1.90 bits per heavy atom. The van der Waals surface area contributed by atoms with Crippen molar-refractivity contribution in [1.82, 2.24) is 20.0 Å². The van der Waals surface area contributed by atoms with Crippen LogP contribution >= 0.6 is 0 Å². The van der Waals surface area contributed by atoms with Gasteiger partial charge in [0, 0.05) is 57.4 Å². The molecule has 2 saturated heterocycles. The molecule has 124 valence electrons. The Hall–Kier alpha value is -0.160. The molecule has 4 heteroatoms. The standard InChI is InChI=1S/C17H36N4/c1-6-7-15-11-21(17(10-18-15)14(2)3)13-16-12-19(4)8-9-20(16)5/h14-18H,6-13H2,1-5H3. The van der Waals surface area contributed by atoms with E-state index in [-0.39, 0.29) is 0 Å². The van der Waals surface area contributed by atoms with Gasteiger partial charge < -0.3 is 10.2 Å². The minimum absolute atomic E-state index is 0.686. The molecule has 0 aliphatic carbocycles. The van der Waals surface area contributed by atoms with Gasteiger partial charge in [0.2, 0.25) is 0 Å². The highest BCUT2D eigenvalue weighted by molar-refractivity contribution is 4.91. The van der Waals surface area contributed by atoms with Crippen molar-refractivity contribution in [2.24, 2.45) is 5.92 Å². The maximum absolute atomic E-state index is 3.77. The molecule has 1 N–H and O–H groups in total. The number of nitrogens with one attached hydrogen (secondary N) is 1. The average molecular weight is 297 g/mol. The van der Waals surface area contributed by atoms with Crippen LogP contribution in [0.15, 0.2) is 0 Å². The molecular formula is C17H36N4. The smallest absolute Gasteiger partial charge is 0.0347 e. The third kappa shape index (κ3) is 4.65. The van der Waals surface area contributed by atoms with Crippen molar-refractivity contribution in [1.29, 1.82) is 0 Å². The predicted molar refractivity (Wildman–Crippen MR) is 90.8 cm³/mol. The monoisotopic (exact) mass is 296 g/mol. The summed E-state index contributed by atoms with van der Waals surface area (Å²) in [6.45, 7) is 14.3. The molecule has 0 amide bonds. The fourth-order valence-corrected chi connectivity index (χ4v) is 3.88. The van der Waals surface area contributed by atoms with E-state index in [2.05, 4.69) is 54.9 Å². The summed E-state index contributed by atoms with van der Waals surface area (Å²) in [6.07, 6.45) is 2.59. The molecule has 3 unspecified atom stereocenters. The van der Waals surface area contributed by atoms with E-state index in [1.807, 2.05) is 0 Å². The van der Waals surface area contributed by atoms with E-state index in [4.69, 9.17) is 0 Å². The highest BCUT2D eigenvalue weighted by atomic mass is 15.3. The number of hydrogen-bond acceptors (Lipinski definition) is 4. The molecule has 2 rings (SSSR count). The quantitative estimate of drug-likeness (QED) is 0.826. The summed E-state index contributed by atoms with van der Waals surface area (Å²) in [6, 6.07) is 2.07. The Balaban J connectivity index is 1.98. The fourth-order valence-electron chi connectivity index (χ4n) is 3.88. The lowest BCUT2D eigenvalue weighted by Gasteiger charge is -2.47. The zero-order valence-corrected chi connectivity index (χ0v) is 14.8. The molecule has 4 nitrogen and oxygen atoms in total. The molecule has 3 atom stereocenters. The molecule has 0 aromatic carbocycles. The highest BCUT2D eigenvalue weighted by Gasteiger charge is 2.33. The van der Waals surface area contributed by atoms with Gasteiger partial charge in [-0.2, -0.15) is 0 Å². The van der Waals surface area contributed by atoms with Gasteiger partial charge in [0.15, 0.2) is 0 Å². The maximum Gasteiger partial charge on any atom is 0.0347 e. The lowest BCUT2D eigenvalue weighted by atomic mass is 9.96. The SMILES string of the molecule is CCCC1CN(CC2CN(C)CCN2C)C(C(C)C)CN1. The topological polar surface area (TPSA) is 21.8 Å². The fraction of sp³-hybridized carbons (Fsp3) is 1.00. The first-order valence-corrected chi connectivity index (χ1v) is 8.87.